The third-order valence-corrected chi connectivity index (χ3v) is 2.18. The van der Waals surface area contributed by atoms with Gasteiger partial charge in [0.2, 0.25) is 0 Å². The maximum Gasteiger partial charge on any atom is 0.146 e. The lowest BCUT2D eigenvalue weighted by Gasteiger charge is -2.22. The molecule has 0 aromatic carbocycles. The van der Waals surface area contributed by atoms with Crippen LogP contribution in [0.25, 0.3) is 0 Å². The Morgan fingerprint density at radius 2 is 2.27 bits per heavy atom. The van der Waals surface area contributed by atoms with Crippen molar-refractivity contribution in [2.45, 2.75) is 13.0 Å². The molecule has 1 rings (SSSR count). The zero-order valence-electron chi connectivity index (χ0n) is 9.50. The molecule has 1 unspecified atom stereocenters. The summed E-state index contributed by atoms with van der Waals surface area (Å²) in [5.74, 6) is -0.245. The second-order valence-corrected chi connectivity index (χ2v) is 3.77. The van der Waals surface area contributed by atoms with Gasteiger partial charge < -0.3 is 10.2 Å². The summed E-state index contributed by atoms with van der Waals surface area (Å²) in [4.78, 5) is 5.79. The van der Waals surface area contributed by atoms with Crippen LogP contribution in [0.15, 0.2) is 18.5 Å². The molecule has 1 atom stereocenters. The summed E-state index contributed by atoms with van der Waals surface area (Å²) < 4.78 is 13.5. The largest absolute Gasteiger partial charge is 0.309 e. The van der Waals surface area contributed by atoms with Gasteiger partial charge in [-0.05, 0) is 26.7 Å². The van der Waals surface area contributed by atoms with E-state index in [1.54, 1.807) is 12.3 Å². The molecule has 0 radical (unpaired) electrons. The van der Waals surface area contributed by atoms with Gasteiger partial charge in [-0.15, -0.1) is 0 Å². The van der Waals surface area contributed by atoms with Crippen LogP contribution in [0.4, 0.5) is 4.39 Å². The van der Waals surface area contributed by atoms with Gasteiger partial charge in [-0.1, -0.05) is 6.92 Å². The van der Waals surface area contributed by atoms with Gasteiger partial charge in [0.25, 0.3) is 0 Å². The first kappa shape index (κ1) is 12.1. The lowest BCUT2D eigenvalue weighted by molar-refractivity contribution is 0.339. The molecule has 0 fully saturated rings. The van der Waals surface area contributed by atoms with Gasteiger partial charge in [0.1, 0.15) is 5.82 Å². The second kappa shape index (κ2) is 5.78. The summed E-state index contributed by atoms with van der Waals surface area (Å²) in [6.45, 7) is 3.61. The maximum absolute atomic E-state index is 13.5. The molecule has 0 spiro atoms. The van der Waals surface area contributed by atoms with Crippen molar-refractivity contribution >= 4 is 0 Å². The number of nitrogens with one attached hydrogen (secondary N) is 1. The zero-order chi connectivity index (χ0) is 11.3. The van der Waals surface area contributed by atoms with E-state index in [9.17, 15) is 4.39 Å². The van der Waals surface area contributed by atoms with Crippen molar-refractivity contribution in [3.05, 3.63) is 29.8 Å². The molecule has 0 bridgehead atoms. The predicted octanol–water partition coefficient (Wildman–Crippen LogP) is 1.43. The lowest BCUT2D eigenvalue weighted by Crippen LogP contribution is -2.31. The Morgan fingerprint density at radius 3 is 2.80 bits per heavy atom. The van der Waals surface area contributed by atoms with Crippen molar-refractivity contribution in [2.75, 3.05) is 27.2 Å². The fraction of sp³-hybridized carbons (Fsp3) is 0.545. The van der Waals surface area contributed by atoms with Gasteiger partial charge in [0, 0.05) is 24.3 Å². The molecule has 1 aromatic rings. The van der Waals surface area contributed by atoms with E-state index in [-0.39, 0.29) is 11.9 Å². The third kappa shape index (κ3) is 3.57. The van der Waals surface area contributed by atoms with E-state index in [2.05, 4.69) is 10.3 Å². The van der Waals surface area contributed by atoms with Crippen LogP contribution in [0.5, 0.6) is 0 Å². The Kier molecular flexibility index (Phi) is 4.65. The van der Waals surface area contributed by atoms with Crippen molar-refractivity contribution in [3.8, 4) is 0 Å². The van der Waals surface area contributed by atoms with Crippen LogP contribution < -0.4 is 5.32 Å². The highest BCUT2D eigenvalue weighted by Gasteiger charge is 2.14. The average molecular weight is 211 g/mol. The van der Waals surface area contributed by atoms with Gasteiger partial charge >= 0.3 is 0 Å². The molecule has 15 heavy (non-hydrogen) atoms. The average Bonchev–Trinajstić information content (AvgIpc) is 2.17. The molecular formula is C11H18FN3. The monoisotopic (exact) mass is 211 g/mol. The summed E-state index contributed by atoms with van der Waals surface area (Å²) in [5.41, 5.74) is 0.681. The van der Waals surface area contributed by atoms with Crippen LogP contribution in [-0.2, 0) is 0 Å². The number of hydrogen-bond donors (Lipinski definition) is 1. The minimum Gasteiger partial charge on any atom is -0.309 e. The number of aromatic nitrogens is 1. The molecule has 0 aliphatic heterocycles. The fourth-order valence-corrected chi connectivity index (χ4v) is 1.55. The minimum absolute atomic E-state index is 0.0213. The van der Waals surface area contributed by atoms with Crippen molar-refractivity contribution in [1.29, 1.82) is 0 Å². The van der Waals surface area contributed by atoms with Crippen molar-refractivity contribution < 1.29 is 4.39 Å². The molecule has 3 nitrogen and oxygen atoms in total. The number of nitrogens with zero attached hydrogens (tertiary/aromatic N) is 2. The predicted molar refractivity (Wildman–Crippen MR) is 59.2 cm³/mol. The van der Waals surface area contributed by atoms with E-state index in [4.69, 9.17) is 0 Å². The van der Waals surface area contributed by atoms with Crippen LogP contribution in [0, 0.1) is 5.82 Å². The molecule has 1 N–H and O–H groups in total. The Balaban J connectivity index is 2.83. The molecule has 0 amide bonds. The minimum atomic E-state index is -0.245. The van der Waals surface area contributed by atoms with Crippen LogP contribution >= 0.6 is 0 Å². The van der Waals surface area contributed by atoms with E-state index >= 15 is 0 Å². The maximum atomic E-state index is 13.5. The van der Waals surface area contributed by atoms with Crippen LogP contribution in [0.3, 0.4) is 0 Å². The summed E-state index contributed by atoms with van der Waals surface area (Å²) in [6, 6.07) is 1.75. The highest BCUT2D eigenvalue weighted by molar-refractivity contribution is 5.17. The van der Waals surface area contributed by atoms with Gasteiger partial charge in [-0.25, -0.2) is 4.39 Å². The van der Waals surface area contributed by atoms with Gasteiger partial charge in [0.05, 0.1) is 6.20 Å². The lowest BCUT2D eigenvalue weighted by atomic mass is 10.1. The Bertz CT molecular complexity index is 302. The first-order valence-electron chi connectivity index (χ1n) is 5.12. The molecular weight excluding hydrogens is 193 g/mol. The number of likely N-dealkylation sites (N-methyl/N-ethyl adjacent to an activating group) is 2. The summed E-state index contributed by atoms with van der Waals surface area (Å²) in [5, 5.41) is 3.26. The summed E-state index contributed by atoms with van der Waals surface area (Å²) in [6.07, 6.45) is 2.88. The van der Waals surface area contributed by atoms with Crippen LogP contribution in [0.2, 0.25) is 0 Å². The normalized spacial score (nSPS) is 13.1. The fourth-order valence-electron chi connectivity index (χ4n) is 1.55. The van der Waals surface area contributed by atoms with E-state index in [1.807, 2.05) is 25.9 Å². The second-order valence-electron chi connectivity index (χ2n) is 3.77. The number of rotatable bonds is 5. The molecule has 0 aliphatic carbocycles. The first-order valence-corrected chi connectivity index (χ1v) is 5.12. The Hall–Kier alpha value is -1.00. The van der Waals surface area contributed by atoms with E-state index in [0.29, 0.717) is 5.56 Å². The molecule has 0 aliphatic rings. The Labute approximate surface area is 90.3 Å². The van der Waals surface area contributed by atoms with E-state index in [0.717, 1.165) is 13.1 Å². The van der Waals surface area contributed by atoms with E-state index < -0.39 is 0 Å². The topological polar surface area (TPSA) is 28.2 Å². The third-order valence-electron chi connectivity index (χ3n) is 2.18. The van der Waals surface area contributed by atoms with E-state index in [1.165, 1.54) is 6.20 Å². The smallest absolute Gasteiger partial charge is 0.146 e. The highest BCUT2D eigenvalue weighted by atomic mass is 19.1. The molecule has 1 aromatic heterocycles. The first-order chi connectivity index (χ1) is 7.15. The summed E-state index contributed by atoms with van der Waals surface area (Å²) in [7, 11) is 3.95. The Morgan fingerprint density at radius 1 is 1.53 bits per heavy atom. The van der Waals surface area contributed by atoms with Crippen LogP contribution in [-0.4, -0.2) is 37.1 Å². The molecule has 84 valence electrons. The van der Waals surface area contributed by atoms with Crippen molar-refractivity contribution in [1.82, 2.24) is 15.2 Å². The van der Waals surface area contributed by atoms with Gasteiger partial charge in [-0.3, -0.25) is 4.98 Å². The number of hydrogen-bond acceptors (Lipinski definition) is 3. The van der Waals surface area contributed by atoms with Gasteiger partial charge in [-0.2, -0.15) is 0 Å². The molecule has 0 saturated carbocycles. The van der Waals surface area contributed by atoms with Crippen LogP contribution in [0.1, 0.15) is 18.5 Å². The molecule has 0 saturated heterocycles. The molecule has 1 heterocycles. The van der Waals surface area contributed by atoms with Gasteiger partial charge in [0.15, 0.2) is 0 Å². The molecule has 4 heteroatoms. The number of halogens is 1. The van der Waals surface area contributed by atoms with Crippen molar-refractivity contribution in [2.24, 2.45) is 0 Å². The number of pyridine rings is 1. The van der Waals surface area contributed by atoms with Crippen molar-refractivity contribution in [3.63, 3.8) is 0 Å². The highest BCUT2D eigenvalue weighted by Crippen LogP contribution is 2.16. The standard InChI is InChI=1S/C11H18FN3/c1-4-14-11(8-15(2)3)9-5-6-13-7-10(9)12/h5-7,11,14H,4,8H2,1-3H3. The zero-order valence-corrected chi connectivity index (χ0v) is 9.50. The summed E-state index contributed by atoms with van der Waals surface area (Å²) >= 11 is 0. The SMILES string of the molecule is CCNC(CN(C)C)c1ccncc1F. The quantitative estimate of drug-likeness (QED) is 0.798.